The number of fused-ring (bicyclic) bond motifs is 2. The molecule has 1 aromatic heterocycles. The van der Waals surface area contributed by atoms with Gasteiger partial charge >= 0.3 is 0 Å². The van der Waals surface area contributed by atoms with E-state index < -0.39 is 17.9 Å². The molecule has 1 aliphatic heterocycles. The Labute approximate surface area is 199 Å². The highest BCUT2D eigenvalue weighted by Gasteiger charge is 2.41. The molecule has 0 N–H and O–H groups in total. The Morgan fingerprint density at radius 2 is 1.52 bits per heavy atom. The number of imide groups is 1. The van der Waals surface area contributed by atoms with Crippen LogP contribution in [-0.4, -0.2) is 26.3 Å². The molecule has 4 aromatic rings. The molecule has 1 unspecified atom stereocenters. The number of hydrogen-bond donors (Lipinski definition) is 0. The van der Waals surface area contributed by atoms with Crippen LogP contribution in [0, 0.1) is 0 Å². The average Bonchev–Trinajstić information content (AvgIpc) is 3.06. The number of amides is 2. The van der Waals surface area contributed by atoms with Crippen molar-refractivity contribution in [2.75, 3.05) is 0 Å². The van der Waals surface area contributed by atoms with Crippen molar-refractivity contribution in [3.05, 3.63) is 104 Å². The maximum Gasteiger partial charge on any atom is 0.266 e. The van der Waals surface area contributed by atoms with E-state index in [4.69, 9.17) is 28.2 Å². The van der Waals surface area contributed by atoms with Gasteiger partial charge in [-0.05, 0) is 48.9 Å². The van der Waals surface area contributed by atoms with Crippen LogP contribution >= 0.6 is 23.2 Å². The quantitative estimate of drug-likeness (QED) is 0.366. The maximum atomic E-state index is 13.6. The third kappa shape index (κ3) is 3.34. The molecule has 2 amide bonds. The van der Waals surface area contributed by atoms with Crippen LogP contribution in [0.5, 0.6) is 0 Å². The fourth-order valence-electron chi connectivity index (χ4n) is 4.24. The number of para-hydroxylation sites is 1. The first-order valence-corrected chi connectivity index (χ1v) is 11.1. The predicted molar refractivity (Wildman–Crippen MR) is 127 cm³/mol. The predicted octanol–water partition coefficient (Wildman–Crippen LogP) is 5.44. The summed E-state index contributed by atoms with van der Waals surface area (Å²) in [5.41, 5.74) is 1.15. The second-order valence-corrected chi connectivity index (χ2v) is 8.52. The second-order valence-electron chi connectivity index (χ2n) is 7.67. The Bertz CT molecular complexity index is 1480. The number of rotatable bonds is 4. The smallest absolute Gasteiger partial charge is 0.266 e. The van der Waals surface area contributed by atoms with Gasteiger partial charge in [-0.25, -0.2) is 4.98 Å². The molecular weight excluding hydrogens is 461 g/mol. The summed E-state index contributed by atoms with van der Waals surface area (Å²) in [6.07, 6.45) is 0.349. The SMILES string of the molecule is CCC(c1nc2ccccc2c(=O)n1-c1ccc(Cl)cc1Cl)N1C(=O)c2ccccc2C1=O. The first kappa shape index (κ1) is 21.4. The van der Waals surface area contributed by atoms with Crippen molar-refractivity contribution in [1.82, 2.24) is 14.5 Å². The molecular formula is C25H17Cl2N3O3. The van der Waals surface area contributed by atoms with Crippen LogP contribution in [0.3, 0.4) is 0 Å². The number of nitrogens with zero attached hydrogens (tertiary/aromatic N) is 3. The van der Waals surface area contributed by atoms with Gasteiger partial charge in [0, 0.05) is 5.02 Å². The van der Waals surface area contributed by atoms with Crippen molar-refractivity contribution in [1.29, 1.82) is 0 Å². The summed E-state index contributed by atoms with van der Waals surface area (Å²) in [4.78, 5) is 46.0. The highest BCUT2D eigenvalue weighted by atomic mass is 35.5. The van der Waals surface area contributed by atoms with E-state index in [2.05, 4.69) is 0 Å². The summed E-state index contributed by atoms with van der Waals surface area (Å²) in [5, 5.41) is 1.06. The summed E-state index contributed by atoms with van der Waals surface area (Å²) in [6.45, 7) is 1.84. The Balaban J connectivity index is 1.79. The summed E-state index contributed by atoms with van der Waals surface area (Å²) in [7, 11) is 0. The topological polar surface area (TPSA) is 72.3 Å². The number of benzene rings is 3. The standard InChI is InChI=1S/C25H17Cl2N3O3/c1-2-20(30-23(31)15-7-3-4-8-16(15)24(30)32)22-28-19-10-6-5-9-17(19)25(33)29(22)21-12-11-14(26)13-18(21)27/h3-13,20H,2H2,1H3. The number of hydrogen-bond acceptors (Lipinski definition) is 4. The minimum absolute atomic E-state index is 0.250. The minimum atomic E-state index is -0.790. The van der Waals surface area contributed by atoms with Gasteiger partial charge in [0.1, 0.15) is 5.82 Å². The van der Waals surface area contributed by atoms with E-state index >= 15 is 0 Å². The van der Waals surface area contributed by atoms with Crippen LogP contribution < -0.4 is 5.56 Å². The van der Waals surface area contributed by atoms with Crippen LogP contribution in [0.4, 0.5) is 0 Å². The van der Waals surface area contributed by atoms with E-state index in [0.29, 0.717) is 39.2 Å². The Hall–Kier alpha value is -3.48. The molecule has 2 heterocycles. The molecule has 0 fully saturated rings. The first-order valence-electron chi connectivity index (χ1n) is 10.4. The van der Waals surface area contributed by atoms with Gasteiger partial charge in [-0.15, -0.1) is 0 Å². The maximum absolute atomic E-state index is 13.6. The number of halogens is 2. The van der Waals surface area contributed by atoms with Crippen molar-refractivity contribution in [3.63, 3.8) is 0 Å². The van der Waals surface area contributed by atoms with E-state index in [1.807, 2.05) is 6.92 Å². The first-order chi connectivity index (χ1) is 15.9. The number of aromatic nitrogens is 2. The molecule has 3 aromatic carbocycles. The minimum Gasteiger partial charge on any atom is -0.269 e. The molecule has 0 aliphatic carbocycles. The summed E-state index contributed by atoms with van der Waals surface area (Å²) in [6, 6.07) is 17.6. The fraction of sp³-hybridized carbons (Fsp3) is 0.120. The molecule has 1 atom stereocenters. The van der Waals surface area contributed by atoms with Gasteiger partial charge in [-0.2, -0.15) is 0 Å². The van der Waals surface area contributed by atoms with E-state index in [0.717, 1.165) is 0 Å². The second kappa shape index (κ2) is 8.14. The van der Waals surface area contributed by atoms with Crippen LogP contribution in [0.25, 0.3) is 16.6 Å². The van der Waals surface area contributed by atoms with Gasteiger partial charge in [-0.3, -0.25) is 23.9 Å². The van der Waals surface area contributed by atoms with Gasteiger partial charge in [0.2, 0.25) is 0 Å². The zero-order valence-electron chi connectivity index (χ0n) is 17.5. The van der Waals surface area contributed by atoms with Crippen LogP contribution in [0.2, 0.25) is 10.0 Å². The molecule has 0 saturated heterocycles. The Morgan fingerprint density at radius 1 is 0.879 bits per heavy atom. The summed E-state index contributed by atoms with van der Waals surface area (Å²) in [5.74, 6) is -0.586. The van der Waals surface area contributed by atoms with Gasteiger partial charge in [0.15, 0.2) is 0 Å². The van der Waals surface area contributed by atoms with Crippen molar-refractivity contribution in [2.45, 2.75) is 19.4 Å². The molecule has 5 rings (SSSR count). The molecule has 8 heteroatoms. The average molecular weight is 478 g/mol. The van der Waals surface area contributed by atoms with Gasteiger partial charge < -0.3 is 0 Å². The van der Waals surface area contributed by atoms with Crippen LogP contribution in [-0.2, 0) is 0 Å². The van der Waals surface area contributed by atoms with E-state index in [-0.39, 0.29) is 16.4 Å². The number of carbonyl (C=O) groups is 2. The van der Waals surface area contributed by atoms with Gasteiger partial charge in [0.25, 0.3) is 17.4 Å². The van der Waals surface area contributed by atoms with Crippen LogP contribution in [0.1, 0.15) is 45.9 Å². The lowest BCUT2D eigenvalue weighted by Crippen LogP contribution is -2.38. The normalized spacial score (nSPS) is 14.1. The van der Waals surface area contributed by atoms with E-state index in [1.54, 1.807) is 60.7 Å². The highest BCUT2D eigenvalue weighted by molar-refractivity contribution is 6.35. The third-order valence-corrected chi connectivity index (χ3v) is 6.31. The van der Waals surface area contributed by atoms with E-state index in [1.165, 1.54) is 15.5 Å². The zero-order valence-corrected chi connectivity index (χ0v) is 19.0. The fourth-order valence-corrected chi connectivity index (χ4v) is 4.73. The number of carbonyl (C=O) groups excluding carboxylic acids is 2. The lowest BCUT2D eigenvalue weighted by molar-refractivity contribution is 0.0568. The largest absolute Gasteiger partial charge is 0.269 e. The summed E-state index contributed by atoms with van der Waals surface area (Å²) >= 11 is 12.6. The lowest BCUT2D eigenvalue weighted by Gasteiger charge is -2.27. The van der Waals surface area contributed by atoms with Crippen molar-refractivity contribution in [3.8, 4) is 5.69 Å². The molecule has 164 valence electrons. The molecule has 33 heavy (non-hydrogen) atoms. The van der Waals surface area contributed by atoms with Crippen molar-refractivity contribution in [2.24, 2.45) is 0 Å². The summed E-state index contributed by atoms with van der Waals surface area (Å²) < 4.78 is 1.37. The molecule has 0 bridgehead atoms. The van der Waals surface area contributed by atoms with Crippen molar-refractivity contribution >= 4 is 45.9 Å². The Morgan fingerprint density at radius 3 is 2.15 bits per heavy atom. The zero-order chi connectivity index (χ0) is 23.3. The van der Waals surface area contributed by atoms with Crippen LogP contribution in [0.15, 0.2) is 71.5 Å². The Kier molecular flexibility index (Phi) is 5.27. The molecule has 1 aliphatic rings. The van der Waals surface area contributed by atoms with Crippen molar-refractivity contribution < 1.29 is 9.59 Å². The third-order valence-electron chi connectivity index (χ3n) is 5.77. The van der Waals surface area contributed by atoms with Gasteiger partial charge in [-0.1, -0.05) is 54.4 Å². The molecule has 6 nitrogen and oxygen atoms in total. The lowest BCUT2D eigenvalue weighted by atomic mass is 10.1. The molecule has 0 spiro atoms. The van der Waals surface area contributed by atoms with E-state index in [9.17, 15) is 14.4 Å². The van der Waals surface area contributed by atoms with Gasteiger partial charge in [0.05, 0.1) is 38.8 Å². The highest BCUT2D eigenvalue weighted by Crippen LogP contribution is 2.34. The monoisotopic (exact) mass is 477 g/mol. The molecule has 0 saturated carbocycles. The molecule has 0 radical (unpaired) electrons.